The lowest BCUT2D eigenvalue weighted by Gasteiger charge is -2.49. The third kappa shape index (κ3) is 9.91. The Morgan fingerprint density at radius 2 is 1.34 bits per heavy atom. The second-order valence-corrected chi connectivity index (χ2v) is 14.1. The first-order valence-corrected chi connectivity index (χ1v) is 17.6. The quantitative estimate of drug-likeness (QED) is 0.0773. The maximum Gasteiger partial charge on any atom is 0.364 e. The first kappa shape index (κ1) is 46.3. The minimum atomic E-state index is -2.90. The molecule has 0 saturated carbocycles. The highest BCUT2D eigenvalue weighted by atomic mass is 16.8. The number of carboxylic acid groups (broad SMARTS) is 1. The first-order valence-electron chi connectivity index (χ1n) is 17.6. The van der Waals surface area contributed by atoms with Gasteiger partial charge in [0.1, 0.15) is 85.4 Å². The highest BCUT2D eigenvalue weighted by molar-refractivity contribution is 5.76. The zero-order valence-electron chi connectivity index (χ0n) is 30.3. The second-order valence-electron chi connectivity index (χ2n) is 14.1. The number of carboxylic acids is 1. The molecule has 324 valence electrons. The summed E-state index contributed by atoms with van der Waals surface area (Å²) in [7, 11) is 0. The maximum atomic E-state index is 12.6. The Morgan fingerprint density at radius 3 is 1.91 bits per heavy atom. The highest BCUT2D eigenvalue weighted by Crippen LogP contribution is 2.36. The molecule has 56 heavy (non-hydrogen) atoms. The maximum absolute atomic E-state index is 12.6. The number of rotatable bonds is 14. The number of carbonyl (C=O) groups is 3. The molecule has 25 nitrogen and oxygen atoms in total. The van der Waals surface area contributed by atoms with Gasteiger partial charge in [-0.25, -0.2) is 4.79 Å². The van der Waals surface area contributed by atoms with Crippen LogP contribution in [0.2, 0.25) is 0 Å². The molecule has 21 atom stereocenters. The minimum Gasteiger partial charge on any atom is -0.477 e. The molecule has 0 aromatic heterocycles. The monoisotopic (exact) mass is 820 g/mol. The topological polar surface area (TPSA) is 403 Å². The van der Waals surface area contributed by atoms with Gasteiger partial charge in [0, 0.05) is 20.3 Å². The SMILES string of the molecule is CC(=O)N[C@H]1[C@H](O[C@@H]2[C@H](O)[C@H](C)OC(O)[C@H]2O)O[C@H](CO)[C@@H](O[C@@H]2O[C@H](CO[C@]3(C(=O)O)C[C@H](O)[C@@H](NC(C)=O)[C@H]([C@H](O)[C@H](O)CO)O3)[C@H](O)[C@H](O)[C@H]2O)[C@@H]1O. The molecule has 0 aromatic rings. The molecule has 0 bridgehead atoms. The van der Waals surface area contributed by atoms with Gasteiger partial charge in [0.05, 0.1) is 38.1 Å². The van der Waals surface area contributed by atoms with Crippen molar-refractivity contribution in [2.45, 2.75) is 155 Å². The van der Waals surface area contributed by atoms with Crippen LogP contribution in [0.15, 0.2) is 0 Å². The van der Waals surface area contributed by atoms with Gasteiger partial charge in [-0.05, 0) is 6.92 Å². The molecule has 1 unspecified atom stereocenters. The number of aliphatic hydroxyl groups excluding tert-OH is 12. The third-order valence-corrected chi connectivity index (χ3v) is 9.94. The lowest BCUT2D eigenvalue weighted by molar-refractivity contribution is -0.369. The van der Waals surface area contributed by atoms with E-state index in [9.17, 15) is 80.8 Å². The van der Waals surface area contributed by atoms with E-state index in [1.807, 2.05) is 0 Å². The number of amides is 2. The number of ether oxygens (including phenoxy) is 7. The van der Waals surface area contributed by atoms with E-state index in [2.05, 4.69) is 10.6 Å². The van der Waals surface area contributed by atoms with Crippen LogP contribution in [0.4, 0.5) is 0 Å². The van der Waals surface area contributed by atoms with Crippen LogP contribution in [0.25, 0.3) is 0 Å². The van der Waals surface area contributed by atoms with Crippen molar-refractivity contribution in [3.63, 3.8) is 0 Å². The van der Waals surface area contributed by atoms with E-state index in [0.717, 1.165) is 13.8 Å². The van der Waals surface area contributed by atoms with Crippen LogP contribution in [-0.2, 0) is 47.5 Å². The molecular formula is C31H52N2O23. The second kappa shape index (κ2) is 19.1. The Labute approximate surface area is 317 Å². The number of hydrogen-bond acceptors (Lipinski definition) is 22. The van der Waals surface area contributed by atoms with Crippen molar-refractivity contribution in [2.75, 3.05) is 19.8 Å². The van der Waals surface area contributed by atoms with Crippen molar-refractivity contribution >= 4 is 17.8 Å². The van der Waals surface area contributed by atoms with Gasteiger partial charge in [0.15, 0.2) is 18.9 Å². The molecule has 15 N–H and O–H groups in total. The molecule has 25 heteroatoms. The molecule has 4 heterocycles. The Hall–Kier alpha value is -2.35. The summed E-state index contributed by atoms with van der Waals surface area (Å²) in [6.07, 6.45) is -33.8. The zero-order chi connectivity index (χ0) is 42.0. The van der Waals surface area contributed by atoms with Gasteiger partial charge in [-0.15, -0.1) is 0 Å². The third-order valence-electron chi connectivity index (χ3n) is 9.94. The van der Waals surface area contributed by atoms with Crippen molar-refractivity contribution in [3.8, 4) is 0 Å². The normalized spacial score (nSPS) is 45.7. The summed E-state index contributed by atoms with van der Waals surface area (Å²) < 4.78 is 38.8. The van der Waals surface area contributed by atoms with Gasteiger partial charge < -0.3 is 110 Å². The molecule has 0 spiro atoms. The number of nitrogens with one attached hydrogen (secondary N) is 2. The Kier molecular flexibility index (Phi) is 15.8. The summed E-state index contributed by atoms with van der Waals surface area (Å²) in [6.45, 7) is 0.423. The van der Waals surface area contributed by atoms with Gasteiger partial charge in [-0.3, -0.25) is 9.59 Å². The molecule has 4 fully saturated rings. The first-order chi connectivity index (χ1) is 26.2. The molecule has 4 saturated heterocycles. The van der Waals surface area contributed by atoms with Crippen LogP contribution >= 0.6 is 0 Å². The van der Waals surface area contributed by atoms with Gasteiger partial charge in [0.2, 0.25) is 11.8 Å². The molecular weight excluding hydrogens is 768 g/mol. The van der Waals surface area contributed by atoms with E-state index >= 15 is 0 Å². The van der Waals surface area contributed by atoms with Gasteiger partial charge in [0.25, 0.3) is 5.79 Å². The van der Waals surface area contributed by atoms with Crippen molar-refractivity contribution < 1.29 is 114 Å². The number of aliphatic hydroxyl groups is 12. The van der Waals surface area contributed by atoms with Gasteiger partial charge in [-0.2, -0.15) is 0 Å². The average molecular weight is 821 g/mol. The lowest BCUT2D eigenvalue weighted by Crippen LogP contribution is -2.69. The summed E-state index contributed by atoms with van der Waals surface area (Å²) in [5, 5.41) is 141. The number of hydrogen-bond donors (Lipinski definition) is 15. The molecule has 4 rings (SSSR count). The van der Waals surface area contributed by atoms with Crippen molar-refractivity contribution in [2.24, 2.45) is 0 Å². The van der Waals surface area contributed by atoms with Gasteiger partial charge in [-0.1, -0.05) is 0 Å². The van der Waals surface area contributed by atoms with Crippen molar-refractivity contribution in [3.05, 3.63) is 0 Å². The van der Waals surface area contributed by atoms with E-state index < -0.39 is 172 Å². The minimum absolute atomic E-state index is 0.746. The Bertz CT molecular complexity index is 1320. The van der Waals surface area contributed by atoms with Crippen LogP contribution in [-0.4, -0.2) is 232 Å². The Balaban J connectivity index is 1.55. The molecule has 0 aliphatic carbocycles. The molecule has 4 aliphatic heterocycles. The number of aliphatic carboxylic acids is 1. The number of carbonyl (C=O) groups excluding carboxylic acids is 2. The van der Waals surface area contributed by atoms with E-state index in [4.69, 9.17) is 33.2 Å². The largest absolute Gasteiger partial charge is 0.477 e. The zero-order valence-corrected chi connectivity index (χ0v) is 30.3. The van der Waals surface area contributed by atoms with Crippen LogP contribution in [0.5, 0.6) is 0 Å². The van der Waals surface area contributed by atoms with Crippen LogP contribution in [0.3, 0.4) is 0 Å². The summed E-state index contributed by atoms with van der Waals surface area (Å²) >= 11 is 0. The predicted octanol–water partition coefficient (Wildman–Crippen LogP) is -9.23. The fourth-order valence-electron chi connectivity index (χ4n) is 6.88. The summed E-state index contributed by atoms with van der Waals surface area (Å²) in [5.74, 6) is -6.31. The standard InChI is InChI=1S/C31H52N2O23/c1-8-17(40)26(23(46)27(47)51-8)55-28-16(33-10(3)37)20(43)24(13(6-35)52-28)54-29-22(45)21(44)19(42)14(53-29)7-50-31(30(48)49)4-11(38)15(32-9(2)36)25(56-31)18(41)12(39)5-34/h8,11-29,34-35,38-47H,4-7H2,1-3H3,(H,32,36)(H,33,37)(H,48,49)/t8-,11-,12+,13+,14+,15+,16+,17+,18+,19-,20+,21-,22+,23-,24+,25+,26+,27?,28-,29-,31+/m0/s1. The molecule has 4 aliphatic rings. The van der Waals surface area contributed by atoms with E-state index in [1.165, 1.54) is 6.92 Å². The fraction of sp³-hybridized carbons (Fsp3) is 0.903. The van der Waals surface area contributed by atoms with Crippen LogP contribution in [0.1, 0.15) is 27.2 Å². The van der Waals surface area contributed by atoms with Crippen LogP contribution < -0.4 is 10.6 Å². The van der Waals surface area contributed by atoms with E-state index in [-0.39, 0.29) is 0 Å². The summed E-state index contributed by atoms with van der Waals surface area (Å²) in [5.41, 5.74) is 0. The average Bonchev–Trinajstić information content (AvgIpc) is 3.14. The Morgan fingerprint density at radius 1 is 0.750 bits per heavy atom. The van der Waals surface area contributed by atoms with E-state index in [1.54, 1.807) is 0 Å². The highest BCUT2D eigenvalue weighted by Gasteiger charge is 2.58. The van der Waals surface area contributed by atoms with Crippen molar-refractivity contribution in [1.29, 1.82) is 0 Å². The van der Waals surface area contributed by atoms with Crippen LogP contribution in [0, 0.1) is 0 Å². The van der Waals surface area contributed by atoms with Crippen molar-refractivity contribution in [1.82, 2.24) is 10.6 Å². The molecule has 0 aromatic carbocycles. The lowest BCUT2D eigenvalue weighted by atomic mass is 9.88. The summed E-state index contributed by atoms with van der Waals surface area (Å²) in [4.78, 5) is 36.6. The predicted molar refractivity (Wildman–Crippen MR) is 173 cm³/mol. The molecule has 0 radical (unpaired) electrons. The smallest absolute Gasteiger partial charge is 0.364 e. The fourth-order valence-corrected chi connectivity index (χ4v) is 6.88. The van der Waals surface area contributed by atoms with Gasteiger partial charge >= 0.3 is 5.97 Å². The summed E-state index contributed by atoms with van der Waals surface area (Å²) in [6, 6.07) is -3.13. The molecule has 2 amide bonds. The van der Waals surface area contributed by atoms with E-state index in [0.29, 0.717) is 0 Å².